The summed E-state index contributed by atoms with van der Waals surface area (Å²) in [7, 11) is 0. The highest BCUT2D eigenvalue weighted by Crippen LogP contribution is 2.29. The Morgan fingerprint density at radius 3 is 2.08 bits per heavy atom. The number of halogens is 1. The number of anilines is 1. The number of carboxylic acid groups (broad SMARTS) is 1. The predicted octanol–water partition coefficient (Wildman–Crippen LogP) is 5.27. The lowest BCUT2D eigenvalue weighted by atomic mass is 9.95. The van der Waals surface area contributed by atoms with Gasteiger partial charge in [0.05, 0.1) is 5.56 Å². The van der Waals surface area contributed by atoms with Gasteiger partial charge >= 0.3 is 5.97 Å². The van der Waals surface area contributed by atoms with E-state index in [1.807, 2.05) is 6.92 Å². The number of carboxylic acids is 1. The standard InChI is InChI=1S/C21H16ClNO3/c1-13-18(22)11-6-12-19(13)23-20(24)16-9-4-2-7-14(16)15-8-3-5-10-17(15)21(25)26/h2-12H,1H3,(H,23,24)(H,25,26). The number of rotatable bonds is 4. The third-order valence-electron chi connectivity index (χ3n) is 4.14. The molecule has 0 aliphatic carbocycles. The van der Waals surface area contributed by atoms with Crippen molar-refractivity contribution in [3.05, 3.63) is 88.4 Å². The zero-order valence-electron chi connectivity index (χ0n) is 14.0. The number of nitrogens with one attached hydrogen (secondary N) is 1. The second-order valence-corrected chi connectivity index (χ2v) is 6.17. The van der Waals surface area contributed by atoms with Gasteiger partial charge in [-0.3, -0.25) is 4.79 Å². The molecule has 0 spiro atoms. The van der Waals surface area contributed by atoms with Crippen LogP contribution >= 0.6 is 11.6 Å². The number of carbonyl (C=O) groups is 2. The van der Waals surface area contributed by atoms with Gasteiger partial charge in [-0.15, -0.1) is 0 Å². The van der Waals surface area contributed by atoms with Gasteiger partial charge in [0.2, 0.25) is 0 Å². The molecule has 3 rings (SSSR count). The molecule has 0 radical (unpaired) electrons. The molecule has 0 fully saturated rings. The van der Waals surface area contributed by atoms with Gasteiger partial charge in [-0.2, -0.15) is 0 Å². The lowest BCUT2D eigenvalue weighted by Crippen LogP contribution is -2.14. The van der Waals surface area contributed by atoms with Crippen molar-refractivity contribution in [3.8, 4) is 11.1 Å². The maximum Gasteiger partial charge on any atom is 0.336 e. The lowest BCUT2D eigenvalue weighted by Gasteiger charge is -2.14. The van der Waals surface area contributed by atoms with Crippen molar-refractivity contribution in [2.75, 3.05) is 5.32 Å². The molecule has 4 nitrogen and oxygen atoms in total. The highest BCUT2D eigenvalue weighted by molar-refractivity contribution is 6.31. The second-order valence-electron chi connectivity index (χ2n) is 5.76. The average molecular weight is 366 g/mol. The van der Waals surface area contributed by atoms with Gasteiger partial charge in [0.25, 0.3) is 5.91 Å². The molecule has 5 heteroatoms. The van der Waals surface area contributed by atoms with Crippen molar-refractivity contribution in [2.24, 2.45) is 0 Å². The molecule has 0 bridgehead atoms. The van der Waals surface area contributed by atoms with Gasteiger partial charge in [-0.25, -0.2) is 4.79 Å². The lowest BCUT2D eigenvalue weighted by molar-refractivity contribution is 0.0697. The molecular formula is C21H16ClNO3. The number of hydrogen-bond donors (Lipinski definition) is 2. The molecule has 3 aromatic carbocycles. The van der Waals surface area contributed by atoms with E-state index in [1.165, 1.54) is 6.07 Å². The molecule has 130 valence electrons. The number of hydrogen-bond acceptors (Lipinski definition) is 2. The van der Waals surface area contributed by atoms with E-state index >= 15 is 0 Å². The highest BCUT2D eigenvalue weighted by atomic mass is 35.5. The SMILES string of the molecule is Cc1c(Cl)cccc1NC(=O)c1ccccc1-c1ccccc1C(=O)O. The molecule has 26 heavy (non-hydrogen) atoms. The van der Waals surface area contributed by atoms with Crippen molar-refractivity contribution in [1.29, 1.82) is 0 Å². The maximum atomic E-state index is 12.9. The second kappa shape index (κ2) is 7.42. The molecule has 0 atom stereocenters. The summed E-state index contributed by atoms with van der Waals surface area (Å²) in [4.78, 5) is 24.4. The van der Waals surface area contributed by atoms with Crippen LogP contribution in [0.25, 0.3) is 11.1 Å². The van der Waals surface area contributed by atoms with Crippen LogP contribution in [-0.4, -0.2) is 17.0 Å². The molecule has 0 aliphatic rings. The Balaban J connectivity index is 2.04. The summed E-state index contributed by atoms with van der Waals surface area (Å²) in [5.41, 5.74) is 2.97. The normalized spacial score (nSPS) is 10.4. The zero-order chi connectivity index (χ0) is 18.7. The topological polar surface area (TPSA) is 66.4 Å². The van der Waals surface area contributed by atoms with Crippen LogP contribution in [0.3, 0.4) is 0 Å². The van der Waals surface area contributed by atoms with E-state index in [9.17, 15) is 14.7 Å². The monoisotopic (exact) mass is 365 g/mol. The van der Waals surface area contributed by atoms with Crippen LogP contribution in [-0.2, 0) is 0 Å². The van der Waals surface area contributed by atoms with Crippen LogP contribution in [0.4, 0.5) is 5.69 Å². The smallest absolute Gasteiger partial charge is 0.336 e. The van der Waals surface area contributed by atoms with Gasteiger partial charge in [-0.05, 0) is 47.9 Å². The van der Waals surface area contributed by atoms with Crippen molar-refractivity contribution >= 4 is 29.2 Å². The van der Waals surface area contributed by atoms with E-state index in [4.69, 9.17) is 11.6 Å². The summed E-state index contributed by atoms with van der Waals surface area (Å²) in [6.07, 6.45) is 0. The summed E-state index contributed by atoms with van der Waals surface area (Å²) in [5, 5.41) is 12.9. The molecule has 0 saturated heterocycles. The first-order valence-corrected chi connectivity index (χ1v) is 8.35. The summed E-state index contributed by atoms with van der Waals surface area (Å²) in [6.45, 7) is 1.82. The van der Waals surface area contributed by atoms with Crippen LogP contribution in [0.1, 0.15) is 26.3 Å². The largest absolute Gasteiger partial charge is 0.478 e. The summed E-state index contributed by atoms with van der Waals surface area (Å²) < 4.78 is 0. The van der Waals surface area contributed by atoms with E-state index in [2.05, 4.69) is 5.32 Å². The van der Waals surface area contributed by atoms with E-state index in [1.54, 1.807) is 60.7 Å². The van der Waals surface area contributed by atoms with Crippen molar-refractivity contribution in [3.63, 3.8) is 0 Å². The molecule has 3 aromatic rings. The van der Waals surface area contributed by atoms with Crippen LogP contribution < -0.4 is 5.32 Å². The molecule has 1 amide bonds. The van der Waals surface area contributed by atoms with E-state index in [0.29, 0.717) is 27.4 Å². The molecule has 0 aromatic heterocycles. The first-order valence-electron chi connectivity index (χ1n) is 7.97. The van der Waals surface area contributed by atoms with Crippen molar-refractivity contribution in [1.82, 2.24) is 0 Å². The first kappa shape index (κ1) is 17.7. The van der Waals surface area contributed by atoms with Gasteiger partial charge in [-0.1, -0.05) is 54.1 Å². The van der Waals surface area contributed by atoms with Crippen LogP contribution in [0, 0.1) is 6.92 Å². The fourth-order valence-corrected chi connectivity index (χ4v) is 2.93. The van der Waals surface area contributed by atoms with E-state index < -0.39 is 5.97 Å². The summed E-state index contributed by atoms with van der Waals surface area (Å²) in [5.74, 6) is -1.37. The number of benzene rings is 3. The minimum atomic E-state index is -1.04. The van der Waals surface area contributed by atoms with Crippen molar-refractivity contribution < 1.29 is 14.7 Å². The highest BCUT2D eigenvalue weighted by Gasteiger charge is 2.18. The Morgan fingerprint density at radius 1 is 0.846 bits per heavy atom. The fraction of sp³-hybridized carbons (Fsp3) is 0.0476. The predicted molar refractivity (Wildman–Crippen MR) is 103 cm³/mol. The summed E-state index contributed by atoms with van der Waals surface area (Å²) >= 11 is 6.11. The van der Waals surface area contributed by atoms with Gasteiger partial charge in [0, 0.05) is 16.3 Å². The zero-order valence-corrected chi connectivity index (χ0v) is 14.7. The molecular weight excluding hydrogens is 350 g/mol. The molecule has 0 aliphatic heterocycles. The Kier molecular flexibility index (Phi) is 5.05. The van der Waals surface area contributed by atoms with Crippen LogP contribution in [0.5, 0.6) is 0 Å². The van der Waals surface area contributed by atoms with Crippen LogP contribution in [0.15, 0.2) is 66.7 Å². The Hall–Kier alpha value is -3.11. The van der Waals surface area contributed by atoms with E-state index in [-0.39, 0.29) is 11.5 Å². The van der Waals surface area contributed by atoms with Gasteiger partial charge in [0.15, 0.2) is 0 Å². The van der Waals surface area contributed by atoms with E-state index in [0.717, 1.165) is 5.56 Å². The Morgan fingerprint density at radius 2 is 1.42 bits per heavy atom. The molecule has 0 unspecified atom stereocenters. The van der Waals surface area contributed by atoms with Crippen molar-refractivity contribution in [2.45, 2.75) is 6.92 Å². The first-order chi connectivity index (χ1) is 12.5. The quantitative estimate of drug-likeness (QED) is 0.662. The number of amides is 1. The molecule has 2 N–H and O–H groups in total. The third kappa shape index (κ3) is 3.46. The number of aromatic carboxylic acids is 1. The minimum Gasteiger partial charge on any atom is -0.478 e. The Bertz CT molecular complexity index is 998. The summed E-state index contributed by atoms with van der Waals surface area (Å²) in [6, 6.07) is 18.8. The average Bonchev–Trinajstić information content (AvgIpc) is 2.65. The fourth-order valence-electron chi connectivity index (χ4n) is 2.75. The number of carbonyl (C=O) groups excluding carboxylic acids is 1. The van der Waals surface area contributed by atoms with Crippen LogP contribution in [0.2, 0.25) is 5.02 Å². The van der Waals surface area contributed by atoms with Gasteiger partial charge < -0.3 is 10.4 Å². The van der Waals surface area contributed by atoms with Gasteiger partial charge in [0.1, 0.15) is 0 Å². The third-order valence-corrected chi connectivity index (χ3v) is 4.54. The minimum absolute atomic E-state index is 0.145. The maximum absolute atomic E-state index is 12.9. The molecule has 0 saturated carbocycles. The Labute approximate surface area is 156 Å². The molecule has 0 heterocycles.